The maximum Gasteiger partial charge on any atom is 0.265 e. The predicted molar refractivity (Wildman–Crippen MR) is 71.6 cm³/mol. The number of rotatable bonds is 1. The number of anilines is 1. The summed E-state index contributed by atoms with van der Waals surface area (Å²) in [5.74, 6) is -0.0144. The average molecular weight is 269 g/mol. The lowest BCUT2D eigenvalue weighted by atomic mass is 9.98. The van der Waals surface area contributed by atoms with Crippen LogP contribution >= 0.6 is 11.3 Å². The number of carbonyl (C=O) groups excluding carboxylic acids is 1. The van der Waals surface area contributed by atoms with E-state index < -0.39 is 5.60 Å². The maximum atomic E-state index is 12.4. The molecule has 0 bridgehead atoms. The van der Waals surface area contributed by atoms with Crippen LogP contribution in [-0.2, 0) is 0 Å². The van der Waals surface area contributed by atoms with Gasteiger partial charge < -0.3 is 15.7 Å². The van der Waals surface area contributed by atoms with E-state index in [0.717, 1.165) is 12.8 Å². The fourth-order valence-electron chi connectivity index (χ4n) is 2.23. The summed E-state index contributed by atoms with van der Waals surface area (Å²) in [6.45, 7) is 4.90. The minimum absolute atomic E-state index is 0.0144. The molecule has 1 aromatic rings. The second-order valence-electron chi connectivity index (χ2n) is 5.11. The highest BCUT2D eigenvalue weighted by Crippen LogP contribution is 2.25. The van der Waals surface area contributed by atoms with Gasteiger partial charge in [-0.2, -0.15) is 0 Å². The summed E-state index contributed by atoms with van der Waals surface area (Å²) >= 11 is 1.24. The van der Waals surface area contributed by atoms with Gasteiger partial charge in [-0.25, -0.2) is 4.98 Å². The molecule has 18 heavy (non-hydrogen) atoms. The number of nitrogens with two attached hydrogens (primary N) is 1. The minimum atomic E-state index is -0.656. The van der Waals surface area contributed by atoms with Crippen molar-refractivity contribution in [2.75, 3.05) is 18.8 Å². The average Bonchev–Trinajstić information content (AvgIpc) is 2.50. The van der Waals surface area contributed by atoms with E-state index in [1.54, 1.807) is 11.8 Å². The Kier molecular flexibility index (Phi) is 3.59. The molecular formula is C12H19N3O2S. The van der Waals surface area contributed by atoms with E-state index in [9.17, 15) is 9.90 Å². The van der Waals surface area contributed by atoms with Gasteiger partial charge in [-0.3, -0.25) is 4.79 Å². The van der Waals surface area contributed by atoms with Crippen molar-refractivity contribution >= 4 is 22.4 Å². The Bertz CT molecular complexity index is 456. The van der Waals surface area contributed by atoms with Crippen LogP contribution in [0.1, 0.15) is 41.6 Å². The van der Waals surface area contributed by atoms with Gasteiger partial charge in [-0.15, -0.1) is 0 Å². The van der Waals surface area contributed by atoms with Crippen LogP contribution in [0.15, 0.2) is 0 Å². The molecular weight excluding hydrogens is 250 g/mol. The minimum Gasteiger partial charge on any atom is -0.390 e. The lowest BCUT2D eigenvalue weighted by Crippen LogP contribution is -2.33. The van der Waals surface area contributed by atoms with Crippen LogP contribution in [0.4, 0.5) is 5.13 Å². The molecule has 3 N–H and O–H groups in total. The zero-order chi connectivity index (χ0) is 13.3. The zero-order valence-electron chi connectivity index (χ0n) is 10.8. The Morgan fingerprint density at radius 3 is 2.83 bits per heavy atom. The maximum absolute atomic E-state index is 12.4. The third-order valence-corrected chi connectivity index (χ3v) is 4.33. The van der Waals surface area contributed by atoms with Crippen LogP contribution < -0.4 is 5.73 Å². The van der Waals surface area contributed by atoms with Crippen molar-refractivity contribution in [2.24, 2.45) is 0 Å². The van der Waals surface area contributed by atoms with Crippen LogP contribution in [0.25, 0.3) is 0 Å². The topological polar surface area (TPSA) is 79.5 Å². The molecule has 2 heterocycles. The summed E-state index contributed by atoms with van der Waals surface area (Å²) in [5, 5.41) is 10.4. The summed E-state index contributed by atoms with van der Waals surface area (Å²) in [6, 6.07) is 0. The summed E-state index contributed by atoms with van der Waals surface area (Å²) in [5.41, 5.74) is 5.65. The number of thiazole rings is 1. The van der Waals surface area contributed by atoms with Gasteiger partial charge in [-0.1, -0.05) is 11.3 Å². The first kappa shape index (κ1) is 13.3. The summed E-state index contributed by atoms with van der Waals surface area (Å²) in [7, 11) is 0. The standard InChI is InChI=1S/C12H19N3O2S/c1-8-9(18-11(13)14-8)10(16)15-6-3-4-12(2,17)5-7-15/h17H,3-7H2,1-2H3,(H2,13,14). The number of aryl methyl sites for hydroxylation is 1. The number of aromatic nitrogens is 1. The molecule has 0 aliphatic carbocycles. The Morgan fingerprint density at radius 2 is 2.22 bits per heavy atom. The summed E-state index contributed by atoms with van der Waals surface area (Å²) in [6.07, 6.45) is 2.18. The van der Waals surface area contributed by atoms with E-state index in [2.05, 4.69) is 4.98 Å². The molecule has 1 aliphatic heterocycles. The van der Waals surface area contributed by atoms with Gasteiger partial charge in [0.1, 0.15) is 4.88 Å². The van der Waals surface area contributed by atoms with E-state index >= 15 is 0 Å². The van der Waals surface area contributed by atoms with Gasteiger partial charge >= 0.3 is 0 Å². The molecule has 0 aromatic carbocycles. The SMILES string of the molecule is Cc1nc(N)sc1C(=O)N1CCCC(C)(O)CC1. The molecule has 1 aromatic heterocycles. The first-order chi connectivity index (χ1) is 8.39. The highest BCUT2D eigenvalue weighted by molar-refractivity contribution is 7.17. The molecule has 0 spiro atoms. The van der Waals surface area contributed by atoms with Crippen LogP contribution in [-0.4, -0.2) is 39.6 Å². The molecule has 1 atom stereocenters. The number of hydrogen-bond acceptors (Lipinski definition) is 5. The van der Waals surface area contributed by atoms with Gasteiger partial charge in [0.15, 0.2) is 5.13 Å². The molecule has 0 saturated carbocycles. The van der Waals surface area contributed by atoms with Crippen LogP contribution in [0.5, 0.6) is 0 Å². The summed E-state index contributed by atoms with van der Waals surface area (Å²) in [4.78, 5) is 18.8. The van der Waals surface area contributed by atoms with E-state index in [1.807, 2.05) is 6.92 Å². The second kappa shape index (κ2) is 4.85. The van der Waals surface area contributed by atoms with E-state index in [-0.39, 0.29) is 5.91 Å². The van der Waals surface area contributed by atoms with Gasteiger partial charge in [0, 0.05) is 13.1 Å². The van der Waals surface area contributed by atoms with Crippen molar-refractivity contribution in [1.29, 1.82) is 0 Å². The lowest BCUT2D eigenvalue weighted by molar-refractivity contribution is 0.0438. The lowest BCUT2D eigenvalue weighted by Gasteiger charge is -2.22. The van der Waals surface area contributed by atoms with Crippen molar-refractivity contribution in [3.8, 4) is 0 Å². The Hall–Kier alpha value is -1.14. The van der Waals surface area contributed by atoms with Gasteiger partial charge in [-0.05, 0) is 33.1 Å². The predicted octanol–water partition coefficient (Wildman–Crippen LogP) is 1.41. The summed E-state index contributed by atoms with van der Waals surface area (Å²) < 4.78 is 0. The monoisotopic (exact) mass is 269 g/mol. The van der Waals surface area contributed by atoms with Crippen molar-refractivity contribution < 1.29 is 9.90 Å². The molecule has 100 valence electrons. The third-order valence-electron chi connectivity index (χ3n) is 3.36. The van der Waals surface area contributed by atoms with Crippen molar-refractivity contribution in [2.45, 2.75) is 38.7 Å². The Labute approximate surface area is 111 Å². The first-order valence-corrected chi connectivity index (χ1v) is 6.95. The van der Waals surface area contributed by atoms with Gasteiger partial charge in [0.2, 0.25) is 0 Å². The number of aliphatic hydroxyl groups is 1. The number of carbonyl (C=O) groups is 1. The van der Waals surface area contributed by atoms with Crippen molar-refractivity contribution in [3.05, 3.63) is 10.6 Å². The molecule has 1 amide bonds. The molecule has 1 unspecified atom stereocenters. The Morgan fingerprint density at radius 1 is 1.50 bits per heavy atom. The largest absolute Gasteiger partial charge is 0.390 e. The number of hydrogen-bond donors (Lipinski definition) is 2. The number of nitrogen functional groups attached to an aromatic ring is 1. The molecule has 0 radical (unpaired) electrons. The number of nitrogens with zero attached hydrogens (tertiary/aromatic N) is 2. The quantitative estimate of drug-likeness (QED) is 0.808. The highest BCUT2D eigenvalue weighted by Gasteiger charge is 2.28. The molecule has 1 fully saturated rings. The third kappa shape index (κ3) is 2.81. The molecule has 6 heteroatoms. The van der Waals surface area contributed by atoms with Gasteiger partial charge in [0.05, 0.1) is 11.3 Å². The Balaban J connectivity index is 2.12. The van der Waals surface area contributed by atoms with E-state index in [1.165, 1.54) is 11.3 Å². The molecule has 2 rings (SSSR count). The second-order valence-corrected chi connectivity index (χ2v) is 6.14. The number of likely N-dealkylation sites (tertiary alicyclic amines) is 1. The van der Waals surface area contributed by atoms with Gasteiger partial charge in [0.25, 0.3) is 5.91 Å². The molecule has 1 saturated heterocycles. The zero-order valence-corrected chi connectivity index (χ0v) is 11.6. The normalized spacial score (nSPS) is 24.9. The van der Waals surface area contributed by atoms with E-state index in [4.69, 9.17) is 5.73 Å². The van der Waals surface area contributed by atoms with E-state index in [0.29, 0.717) is 35.2 Å². The van der Waals surface area contributed by atoms with Crippen LogP contribution in [0.3, 0.4) is 0 Å². The first-order valence-electron chi connectivity index (χ1n) is 6.14. The van der Waals surface area contributed by atoms with Crippen LogP contribution in [0.2, 0.25) is 0 Å². The number of amides is 1. The fourth-order valence-corrected chi connectivity index (χ4v) is 3.03. The van der Waals surface area contributed by atoms with Crippen molar-refractivity contribution in [1.82, 2.24) is 9.88 Å². The fraction of sp³-hybridized carbons (Fsp3) is 0.667. The molecule has 5 nitrogen and oxygen atoms in total. The highest BCUT2D eigenvalue weighted by atomic mass is 32.1. The molecule has 1 aliphatic rings. The van der Waals surface area contributed by atoms with Crippen molar-refractivity contribution in [3.63, 3.8) is 0 Å². The smallest absolute Gasteiger partial charge is 0.265 e. The van der Waals surface area contributed by atoms with Crippen LogP contribution in [0, 0.1) is 6.92 Å².